The van der Waals surface area contributed by atoms with Crippen LogP contribution in [0.1, 0.15) is 29.6 Å². The quantitative estimate of drug-likeness (QED) is 0.895. The van der Waals surface area contributed by atoms with Gasteiger partial charge in [-0.05, 0) is 55.7 Å². The molecule has 5 nitrogen and oxygen atoms in total. The highest BCUT2D eigenvalue weighted by Gasteiger charge is 2.15. The van der Waals surface area contributed by atoms with Crippen molar-refractivity contribution in [2.75, 3.05) is 37.5 Å². The number of carbonyl (C=O) groups is 1. The molecule has 0 aliphatic carbocycles. The fourth-order valence-corrected chi connectivity index (χ4v) is 3.10. The second-order valence-electron chi connectivity index (χ2n) is 6.12. The van der Waals surface area contributed by atoms with Gasteiger partial charge in [-0.1, -0.05) is 6.07 Å². The van der Waals surface area contributed by atoms with E-state index in [9.17, 15) is 4.79 Å². The van der Waals surface area contributed by atoms with Crippen LogP contribution in [0, 0.1) is 0 Å². The van der Waals surface area contributed by atoms with Crippen LogP contribution in [-0.2, 0) is 0 Å². The molecule has 0 radical (unpaired) electrons. The molecule has 1 heterocycles. The molecule has 1 aliphatic rings. The molecule has 1 fully saturated rings. The van der Waals surface area contributed by atoms with E-state index in [4.69, 9.17) is 9.47 Å². The molecule has 1 aliphatic heterocycles. The number of methoxy groups -OCH3 is 2. The van der Waals surface area contributed by atoms with Crippen molar-refractivity contribution in [3.05, 3.63) is 48.0 Å². The van der Waals surface area contributed by atoms with E-state index < -0.39 is 0 Å². The molecular formula is C20H24N2O3. The zero-order valence-electron chi connectivity index (χ0n) is 14.7. The van der Waals surface area contributed by atoms with Gasteiger partial charge in [-0.15, -0.1) is 0 Å². The van der Waals surface area contributed by atoms with Gasteiger partial charge < -0.3 is 19.7 Å². The van der Waals surface area contributed by atoms with Crippen LogP contribution < -0.4 is 19.7 Å². The molecule has 132 valence electrons. The highest BCUT2D eigenvalue weighted by molar-refractivity contribution is 6.05. The SMILES string of the molecule is COc1cccc(C(=O)Nc2cc(N3CCCCC3)ccc2OC)c1. The third-order valence-corrected chi connectivity index (χ3v) is 4.48. The number of nitrogens with one attached hydrogen (secondary N) is 1. The summed E-state index contributed by atoms with van der Waals surface area (Å²) in [7, 11) is 3.19. The largest absolute Gasteiger partial charge is 0.497 e. The van der Waals surface area contributed by atoms with E-state index in [0.29, 0.717) is 22.7 Å². The van der Waals surface area contributed by atoms with Gasteiger partial charge in [0.15, 0.2) is 0 Å². The molecule has 0 bridgehead atoms. The topological polar surface area (TPSA) is 50.8 Å². The Hall–Kier alpha value is -2.69. The fourth-order valence-electron chi connectivity index (χ4n) is 3.10. The number of ether oxygens (including phenoxy) is 2. The first-order valence-corrected chi connectivity index (χ1v) is 8.59. The van der Waals surface area contributed by atoms with Gasteiger partial charge in [0.05, 0.1) is 19.9 Å². The van der Waals surface area contributed by atoms with E-state index in [1.165, 1.54) is 19.3 Å². The summed E-state index contributed by atoms with van der Waals surface area (Å²) in [6.07, 6.45) is 3.70. The van der Waals surface area contributed by atoms with Crippen molar-refractivity contribution in [2.24, 2.45) is 0 Å². The Morgan fingerprint density at radius 2 is 1.80 bits per heavy atom. The van der Waals surface area contributed by atoms with Crippen LogP contribution in [-0.4, -0.2) is 33.2 Å². The van der Waals surface area contributed by atoms with Crippen LogP contribution in [0.15, 0.2) is 42.5 Å². The average molecular weight is 340 g/mol. The van der Waals surface area contributed by atoms with Crippen molar-refractivity contribution in [2.45, 2.75) is 19.3 Å². The van der Waals surface area contributed by atoms with Crippen molar-refractivity contribution >= 4 is 17.3 Å². The zero-order chi connectivity index (χ0) is 17.6. The van der Waals surface area contributed by atoms with Gasteiger partial charge >= 0.3 is 0 Å². The number of hydrogen-bond donors (Lipinski definition) is 1. The lowest BCUT2D eigenvalue weighted by Gasteiger charge is -2.29. The number of anilines is 2. The number of carbonyl (C=O) groups excluding carboxylic acids is 1. The van der Waals surface area contributed by atoms with Gasteiger partial charge in [-0.2, -0.15) is 0 Å². The maximum absolute atomic E-state index is 12.6. The third-order valence-electron chi connectivity index (χ3n) is 4.48. The molecule has 0 atom stereocenters. The van der Waals surface area contributed by atoms with Crippen molar-refractivity contribution in [1.82, 2.24) is 0 Å². The minimum Gasteiger partial charge on any atom is -0.497 e. The Kier molecular flexibility index (Phi) is 5.43. The van der Waals surface area contributed by atoms with Crippen LogP contribution in [0.5, 0.6) is 11.5 Å². The minimum atomic E-state index is -0.187. The molecule has 3 rings (SSSR count). The summed E-state index contributed by atoms with van der Waals surface area (Å²) in [5, 5.41) is 2.96. The van der Waals surface area contributed by atoms with Crippen LogP contribution in [0.4, 0.5) is 11.4 Å². The Morgan fingerprint density at radius 3 is 2.52 bits per heavy atom. The lowest BCUT2D eigenvalue weighted by atomic mass is 10.1. The normalized spacial score (nSPS) is 14.1. The number of piperidine rings is 1. The van der Waals surface area contributed by atoms with Crippen LogP contribution in [0.2, 0.25) is 0 Å². The predicted octanol–water partition coefficient (Wildman–Crippen LogP) is 3.95. The minimum absolute atomic E-state index is 0.187. The smallest absolute Gasteiger partial charge is 0.255 e. The summed E-state index contributed by atoms with van der Waals surface area (Å²) in [6.45, 7) is 2.10. The van der Waals surface area contributed by atoms with Gasteiger partial charge in [0.1, 0.15) is 11.5 Å². The first-order chi connectivity index (χ1) is 12.2. The molecule has 1 amide bonds. The number of benzene rings is 2. The standard InChI is InChI=1S/C20H24N2O3/c1-24-17-8-6-7-15(13-17)20(23)21-18-14-16(9-10-19(18)25-2)22-11-4-3-5-12-22/h6-10,13-14H,3-5,11-12H2,1-2H3,(H,21,23). The van der Waals surface area contributed by atoms with E-state index in [1.807, 2.05) is 24.3 Å². The second-order valence-corrected chi connectivity index (χ2v) is 6.12. The molecule has 0 aromatic heterocycles. The van der Waals surface area contributed by atoms with Crippen LogP contribution >= 0.6 is 0 Å². The first-order valence-electron chi connectivity index (χ1n) is 8.59. The maximum Gasteiger partial charge on any atom is 0.255 e. The van der Waals surface area contributed by atoms with Crippen LogP contribution in [0.25, 0.3) is 0 Å². The molecule has 2 aromatic rings. The second kappa shape index (κ2) is 7.92. The van der Waals surface area contributed by atoms with Gasteiger partial charge in [0.2, 0.25) is 0 Å². The van der Waals surface area contributed by atoms with Gasteiger partial charge in [-0.3, -0.25) is 4.79 Å². The number of nitrogens with zero attached hydrogens (tertiary/aromatic N) is 1. The van der Waals surface area contributed by atoms with E-state index in [1.54, 1.807) is 32.4 Å². The molecule has 0 unspecified atom stereocenters. The van der Waals surface area contributed by atoms with E-state index >= 15 is 0 Å². The van der Waals surface area contributed by atoms with Crippen molar-refractivity contribution in [3.8, 4) is 11.5 Å². The summed E-state index contributed by atoms with van der Waals surface area (Å²) in [5.41, 5.74) is 2.34. The first kappa shape index (κ1) is 17.1. The molecule has 2 aromatic carbocycles. The van der Waals surface area contributed by atoms with E-state index in [2.05, 4.69) is 10.2 Å². The summed E-state index contributed by atoms with van der Waals surface area (Å²) in [6, 6.07) is 13.0. The molecular weight excluding hydrogens is 316 g/mol. The summed E-state index contributed by atoms with van der Waals surface area (Å²) in [4.78, 5) is 15.0. The number of rotatable bonds is 5. The van der Waals surface area contributed by atoms with Crippen molar-refractivity contribution in [3.63, 3.8) is 0 Å². The van der Waals surface area contributed by atoms with Crippen molar-refractivity contribution < 1.29 is 14.3 Å². The molecule has 0 spiro atoms. The Bertz CT molecular complexity index is 739. The number of amides is 1. The molecule has 1 N–H and O–H groups in total. The Balaban J connectivity index is 1.83. The number of hydrogen-bond acceptors (Lipinski definition) is 4. The Labute approximate surface area is 148 Å². The van der Waals surface area contributed by atoms with Gasteiger partial charge in [0, 0.05) is 24.3 Å². The van der Waals surface area contributed by atoms with Gasteiger partial charge in [-0.25, -0.2) is 0 Å². The highest BCUT2D eigenvalue weighted by Crippen LogP contribution is 2.31. The average Bonchev–Trinajstić information content (AvgIpc) is 2.68. The van der Waals surface area contributed by atoms with E-state index in [0.717, 1.165) is 18.8 Å². The third kappa shape index (κ3) is 4.05. The van der Waals surface area contributed by atoms with E-state index in [-0.39, 0.29) is 5.91 Å². The van der Waals surface area contributed by atoms with Gasteiger partial charge in [0.25, 0.3) is 5.91 Å². The maximum atomic E-state index is 12.6. The summed E-state index contributed by atoms with van der Waals surface area (Å²) >= 11 is 0. The monoisotopic (exact) mass is 340 g/mol. The van der Waals surface area contributed by atoms with Crippen LogP contribution in [0.3, 0.4) is 0 Å². The Morgan fingerprint density at radius 1 is 1.00 bits per heavy atom. The lowest BCUT2D eigenvalue weighted by molar-refractivity contribution is 0.102. The fraction of sp³-hybridized carbons (Fsp3) is 0.350. The molecule has 1 saturated heterocycles. The summed E-state index contributed by atoms with van der Waals surface area (Å²) < 4.78 is 10.6. The molecule has 5 heteroatoms. The molecule has 25 heavy (non-hydrogen) atoms. The van der Waals surface area contributed by atoms with Crippen molar-refractivity contribution in [1.29, 1.82) is 0 Å². The summed E-state index contributed by atoms with van der Waals surface area (Å²) in [5.74, 6) is 1.12. The lowest BCUT2D eigenvalue weighted by Crippen LogP contribution is -2.29. The molecule has 0 saturated carbocycles. The zero-order valence-corrected chi connectivity index (χ0v) is 14.7. The highest BCUT2D eigenvalue weighted by atomic mass is 16.5. The predicted molar refractivity (Wildman–Crippen MR) is 100 cm³/mol.